The second kappa shape index (κ2) is 18.5. The Morgan fingerprint density at radius 2 is 1.02 bits per heavy atom. The third kappa shape index (κ3) is 10.4. The number of ether oxygens (including phenoxy) is 12. The van der Waals surface area contributed by atoms with E-state index in [-0.39, 0.29) is 96.5 Å². The van der Waals surface area contributed by atoms with Gasteiger partial charge in [0, 0.05) is 39.1 Å². The number of hydrogen-bond donors (Lipinski definition) is 1. The Labute approximate surface area is 374 Å². The van der Waals surface area contributed by atoms with Crippen LogP contribution in [-0.2, 0) is 72.0 Å². The fraction of sp³-hybridized carbons (Fsp3) is 0.792. The van der Waals surface area contributed by atoms with Gasteiger partial charge in [-0.2, -0.15) is 0 Å². The number of Topliss-reactive ketones (excluding diaryl/α,β-unsaturated/α-hetero) is 2. The van der Waals surface area contributed by atoms with Crippen molar-refractivity contribution in [2.45, 2.75) is 205 Å². The third-order valence-corrected chi connectivity index (χ3v) is 13.3. The highest BCUT2D eigenvalue weighted by Crippen LogP contribution is 2.46. The van der Waals surface area contributed by atoms with Gasteiger partial charge in [0.25, 0.3) is 0 Å². The maximum Gasteiger partial charge on any atom is 0.190 e. The molecule has 4 aliphatic carbocycles. The SMILES string of the molecule is CC1=C[C@H]2OC(C)(C)O[C@H]2C1=O.COC1C(C)C(=O)C2OC(C)(C)OC21.COC1C(C)C(O)C2OC(C)(C)OC12.COC1C(C)C(OC(C)(C)c2ccccc2)C2OC(C)(C)OC12. The van der Waals surface area contributed by atoms with E-state index in [0.29, 0.717) is 0 Å². The molecule has 356 valence electrons. The Morgan fingerprint density at radius 1 is 0.571 bits per heavy atom. The van der Waals surface area contributed by atoms with Gasteiger partial charge in [0.15, 0.2) is 40.8 Å². The van der Waals surface area contributed by atoms with E-state index in [4.69, 9.17) is 56.8 Å². The molecule has 15 nitrogen and oxygen atoms in total. The van der Waals surface area contributed by atoms with Crippen LogP contribution in [0.5, 0.6) is 0 Å². The monoisotopic (exact) mass is 891 g/mol. The fourth-order valence-electron chi connectivity index (χ4n) is 10.3. The average molecular weight is 891 g/mol. The highest BCUT2D eigenvalue weighted by Gasteiger charge is 2.61. The van der Waals surface area contributed by atoms with Crippen LogP contribution in [0, 0.1) is 17.8 Å². The van der Waals surface area contributed by atoms with Gasteiger partial charge in [-0.15, -0.1) is 0 Å². The summed E-state index contributed by atoms with van der Waals surface area (Å²) in [4.78, 5) is 23.2. The van der Waals surface area contributed by atoms with Gasteiger partial charge in [-0.3, -0.25) is 9.59 Å². The summed E-state index contributed by atoms with van der Waals surface area (Å²) in [5, 5.41) is 9.92. The molecular weight excluding hydrogens is 817 g/mol. The maximum atomic E-state index is 11.8. The van der Waals surface area contributed by atoms with E-state index < -0.39 is 41.0 Å². The van der Waals surface area contributed by atoms with Crippen molar-refractivity contribution >= 4 is 11.6 Å². The lowest BCUT2D eigenvalue weighted by Crippen LogP contribution is -2.39. The number of fused-ring (bicyclic) bond motifs is 4. The van der Waals surface area contributed by atoms with Crippen molar-refractivity contribution in [3.8, 4) is 0 Å². The summed E-state index contributed by atoms with van der Waals surface area (Å²) in [6, 6.07) is 10.3. The zero-order chi connectivity index (χ0) is 46.8. The quantitative estimate of drug-likeness (QED) is 0.364. The molecule has 1 aromatic rings. The summed E-state index contributed by atoms with van der Waals surface area (Å²) in [6.07, 6.45) is -0.783. The summed E-state index contributed by atoms with van der Waals surface area (Å²) in [7, 11) is 4.98. The average Bonchev–Trinajstić information content (AvgIpc) is 4.04. The smallest absolute Gasteiger partial charge is 0.190 e. The lowest BCUT2D eigenvalue weighted by Gasteiger charge is -2.34. The van der Waals surface area contributed by atoms with E-state index in [0.717, 1.165) is 11.1 Å². The molecule has 4 aliphatic heterocycles. The van der Waals surface area contributed by atoms with Gasteiger partial charge in [-0.1, -0.05) is 51.1 Å². The largest absolute Gasteiger partial charge is 0.390 e. The molecule has 9 rings (SSSR count). The van der Waals surface area contributed by atoms with Crippen molar-refractivity contribution in [1.82, 2.24) is 0 Å². The number of hydrogen-bond acceptors (Lipinski definition) is 15. The van der Waals surface area contributed by atoms with Crippen LogP contribution in [0.15, 0.2) is 42.0 Å². The van der Waals surface area contributed by atoms with Gasteiger partial charge >= 0.3 is 0 Å². The highest BCUT2D eigenvalue weighted by molar-refractivity contribution is 6.01. The number of rotatable bonds is 6. The Hall–Kier alpha value is -2.22. The number of methoxy groups -OCH3 is 3. The highest BCUT2D eigenvalue weighted by atomic mass is 16.8. The zero-order valence-corrected chi connectivity index (χ0v) is 40.4. The minimum Gasteiger partial charge on any atom is -0.390 e. The van der Waals surface area contributed by atoms with Crippen LogP contribution in [0.25, 0.3) is 0 Å². The maximum absolute atomic E-state index is 11.8. The molecule has 0 amide bonds. The van der Waals surface area contributed by atoms with Crippen LogP contribution in [0.1, 0.15) is 102 Å². The summed E-state index contributed by atoms with van der Waals surface area (Å²) in [6.45, 7) is 26.8. The Kier molecular flexibility index (Phi) is 14.7. The van der Waals surface area contributed by atoms with Gasteiger partial charge in [0.05, 0.1) is 36.1 Å². The predicted octanol–water partition coefficient (Wildman–Crippen LogP) is 5.80. The topological polar surface area (TPSA) is 165 Å². The van der Waals surface area contributed by atoms with Gasteiger partial charge in [-0.25, -0.2) is 0 Å². The van der Waals surface area contributed by atoms with Crippen LogP contribution in [0.3, 0.4) is 0 Å². The fourth-order valence-corrected chi connectivity index (χ4v) is 10.3. The molecule has 1 N–H and O–H groups in total. The van der Waals surface area contributed by atoms with Crippen molar-refractivity contribution in [3.05, 3.63) is 47.5 Å². The third-order valence-electron chi connectivity index (χ3n) is 13.3. The molecule has 3 saturated carbocycles. The molecular formula is C48H74O15. The molecule has 0 spiro atoms. The molecule has 16 atom stereocenters. The van der Waals surface area contributed by atoms with Crippen molar-refractivity contribution in [2.24, 2.45) is 17.8 Å². The number of ketones is 2. The lowest BCUT2D eigenvalue weighted by atomic mass is 9.96. The minimum atomic E-state index is -0.665. The Balaban J connectivity index is 0.000000145. The zero-order valence-electron chi connectivity index (χ0n) is 40.4. The van der Waals surface area contributed by atoms with Crippen molar-refractivity contribution in [2.75, 3.05) is 21.3 Å². The van der Waals surface area contributed by atoms with E-state index >= 15 is 0 Å². The van der Waals surface area contributed by atoms with Crippen molar-refractivity contribution in [1.29, 1.82) is 0 Å². The number of benzene rings is 1. The Morgan fingerprint density at radius 3 is 1.56 bits per heavy atom. The van der Waals surface area contributed by atoms with Crippen LogP contribution >= 0.6 is 0 Å². The number of carbonyl (C=O) groups is 2. The summed E-state index contributed by atoms with van der Waals surface area (Å²) in [5.74, 6) is -2.19. The second-order valence-corrected chi connectivity index (χ2v) is 20.3. The van der Waals surface area contributed by atoms with Crippen LogP contribution < -0.4 is 0 Å². The minimum absolute atomic E-state index is 0.0154. The normalized spacial score (nSPS) is 41.9. The molecule has 7 fully saturated rings. The first-order valence-corrected chi connectivity index (χ1v) is 22.4. The van der Waals surface area contributed by atoms with Crippen molar-refractivity contribution < 1.29 is 71.5 Å². The van der Waals surface area contributed by atoms with E-state index in [9.17, 15) is 14.7 Å². The van der Waals surface area contributed by atoms with Crippen LogP contribution in [0.2, 0.25) is 0 Å². The molecule has 63 heavy (non-hydrogen) atoms. The Bertz CT molecular complexity index is 1790. The molecule has 0 aromatic heterocycles. The summed E-state index contributed by atoms with van der Waals surface area (Å²) in [5.41, 5.74) is 1.51. The van der Waals surface area contributed by atoms with Gasteiger partial charge < -0.3 is 61.9 Å². The van der Waals surface area contributed by atoms with Gasteiger partial charge in [0.2, 0.25) is 0 Å². The number of carbonyl (C=O) groups excluding carboxylic acids is 2. The number of aliphatic hydroxyl groups excluding tert-OH is 1. The standard InChI is InChI=1S/C19H28O4.C10H18O4.C10H16O4.C9H12O3/c1-12-14(20-6)16-17(23-19(4,5)22-16)15(12)21-18(2,3)13-10-8-7-9-11-13;2*1-5-6(11)8-9(7(5)12-4)14-10(2,3)13-8;1-5-4-6-8(7(5)10)12-9(2,3)11-6/h7-12,14-17H,1-6H3;5-9,11H,1-4H3;5,7-9H,1-4H3;4,6,8H,1-3H3/t;;;6-,8-/m...1/s1. The molecule has 14 unspecified atom stereocenters. The van der Waals surface area contributed by atoms with E-state index in [1.165, 1.54) is 0 Å². The van der Waals surface area contributed by atoms with Crippen molar-refractivity contribution in [3.63, 3.8) is 0 Å². The lowest BCUT2D eigenvalue weighted by molar-refractivity contribution is -0.201. The first-order chi connectivity index (χ1) is 29.2. The molecule has 4 saturated heterocycles. The van der Waals surface area contributed by atoms with E-state index in [1.807, 2.05) is 93.5 Å². The first kappa shape index (κ1) is 50.2. The molecule has 15 heteroatoms. The number of aliphatic hydroxyl groups is 1. The van der Waals surface area contributed by atoms with Gasteiger partial charge in [0.1, 0.15) is 42.7 Å². The summed E-state index contributed by atoms with van der Waals surface area (Å²) >= 11 is 0. The van der Waals surface area contributed by atoms with E-state index in [1.54, 1.807) is 28.3 Å². The second-order valence-electron chi connectivity index (χ2n) is 20.3. The molecule has 0 bridgehead atoms. The van der Waals surface area contributed by atoms with Crippen LogP contribution in [0.4, 0.5) is 0 Å². The molecule has 1 aromatic carbocycles. The van der Waals surface area contributed by atoms with Gasteiger partial charge in [-0.05, 0) is 93.4 Å². The van der Waals surface area contributed by atoms with E-state index in [2.05, 4.69) is 32.9 Å². The predicted molar refractivity (Wildman–Crippen MR) is 229 cm³/mol. The molecule has 4 heterocycles. The molecule has 8 aliphatic rings. The van der Waals surface area contributed by atoms with Crippen LogP contribution in [-0.4, -0.2) is 141 Å². The summed E-state index contributed by atoms with van der Waals surface area (Å²) < 4.78 is 68.5. The molecule has 0 radical (unpaired) electrons. The first-order valence-electron chi connectivity index (χ1n) is 22.4.